The van der Waals surface area contributed by atoms with Gasteiger partial charge in [-0.25, -0.2) is 0 Å². The predicted octanol–water partition coefficient (Wildman–Crippen LogP) is 1.53. The van der Waals surface area contributed by atoms with Crippen LogP contribution in [-0.4, -0.2) is 21.5 Å². The summed E-state index contributed by atoms with van der Waals surface area (Å²) < 4.78 is 7.07. The topological polar surface area (TPSA) is 47.3 Å². The lowest BCUT2D eigenvalue weighted by atomic mass is 10.1. The Bertz CT molecular complexity index is 439. The van der Waals surface area contributed by atoms with E-state index in [0.29, 0.717) is 5.75 Å². The molecule has 0 aliphatic carbocycles. The van der Waals surface area contributed by atoms with Gasteiger partial charge in [-0.3, -0.25) is 4.68 Å². The summed E-state index contributed by atoms with van der Waals surface area (Å²) in [7, 11) is 1.82. The van der Waals surface area contributed by atoms with Gasteiger partial charge in [0.2, 0.25) is 0 Å². The number of ether oxygens (including phenoxy) is 1. The van der Waals surface area contributed by atoms with Crippen molar-refractivity contribution in [3.63, 3.8) is 0 Å². The number of nitrogens with zero attached hydrogens (tertiary/aromatic N) is 2. The molecule has 1 aromatic carbocycles. The second kappa shape index (κ2) is 4.81. The third kappa shape index (κ3) is 2.61. The highest BCUT2D eigenvalue weighted by Crippen LogP contribution is 2.15. The van der Waals surface area contributed by atoms with Crippen LogP contribution in [-0.2, 0) is 7.05 Å². The van der Waals surface area contributed by atoms with Gasteiger partial charge in [0.25, 0.3) is 0 Å². The summed E-state index contributed by atoms with van der Waals surface area (Å²) in [6.07, 6.45) is 2.77. The van der Waals surface area contributed by atoms with Gasteiger partial charge in [0.05, 0.1) is 12.4 Å². The Balaban J connectivity index is 1.91. The van der Waals surface area contributed by atoms with Crippen molar-refractivity contribution in [1.29, 1.82) is 0 Å². The quantitative estimate of drug-likeness (QED) is 0.846. The summed E-state index contributed by atoms with van der Waals surface area (Å²) in [5, 5.41) is 13.8. The number of aliphatic hydroxyl groups excluding tert-OH is 1. The van der Waals surface area contributed by atoms with Crippen LogP contribution < -0.4 is 4.74 Å². The first-order valence-electron chi connectivity index (χ1n) is 5.10. The zero-order chi connectivity index (χ0) is 11.4. The van der Waals surface area contributed by atoms with Crippen molar-refractivity contribution in [1.82, 2.24) is 9.78 Å². The molecule has 2 rings (SSSR count). The Morgan fingerprint density at radius 1 is 1.38 bits per heavy atom. The zero-order valence-electron chi connectivity index (χ0n) is 9.08. The number of aliphatic hydroxyl groups is 1. The smallest absolute Gasteiger partial charge is 0.157 e. The van der Waals surface area contributed by atoms with Gasteiger partial charge in [0, 0.05) is 7.05 Å². The Morgan fingerprint density at radius 3 is 2.75 bits per heavy atom. The lowest BCUT2D eigenvalue weighted by Crippen LogP contribution is -2.09. The number of rotatable bonds is 4. The Kier molecular flexibility index (Phi) is 3.22. The summed E-state index contributed by atoms with van der Waals surface area (Å²) in [6, 6.07) is 9.44. The van der Waals surface area contributed by atoms with E-state index in [9.17, 15) is 5.11 Å². The van der Waals surface area contributed by atoms with Crippen LogP contribution in [0, 0.1) is 0 Å². The van der Waals surface area contributed by atoms with Crippen molar-refractivity contribution in [3.8, 4) is 5.75 Å². The molecule has 4 heteroatoms. The maximum absolute atomic E-state index is 9.84. The highest BCUT2D eigenvalue weighted by Gasteiger charge is 2.08. The van der Waals surface area contributed by atoms with Crippen LogP contribution in [0.2, 0.25) is 0 Å². The van der Waals surface area contributed by atoms with Crippen molar-refractivity contribution < 1.29 is 9.84 Å². The summed E-state index contributed by atoms with van der Waals surface area (Å²) in [6.45, 7) is 0.232. The van der Waals surface area contributed by atoms with Gasteiger partial charge in [-0.2, -0.15) is 5.10 Å². The maximum atomic E-state index is 9.84. The lowest BCUT2D eigenvalue weighted by molar-refractivity contribution is 0.108. The summed E-state index contributed by atoms with van der Waals surface area (Å²) >= 11 is 0. The van der Waals surface area contributed by atoms with E-state index < -0.39 is 6.10 Å². The first kappa shape index (κ1) is 10.7. The minimum Gasteiger partial charge on any atom is -0.487 e. The third-order valence-corrected chi connectivity index (χ3v) is 2.27. The maximum Gasteiger partial charge on any atom is 0.157 e. The molecule has 1 atom stereocenters. The molecule has 84 valence electrons. The molecule has 0 saturated heterocycles. The molecule has 0 amide bonds. The fourth-order valence-electron chi connectivity index (χ4n) is 1.42. The van der Waals surface area contributed by atoms with Crippen LogP contribution >= 0.6 is 0 Å². The fraction of sp³-hybridized carbons (Fsp3) is 0.250. The molecule has 0 spiro atoms. The van der Waals surface area contributed by atoms with Gasteiger partial charge in [0.15, 0.2) is 5.75 Å². The minimum absolute atomic E-state index is 0.232. The molecule has 4 nitrogen and oxygen atoms in total. The molecule has 0 fully saturated rings. The van der Waals surface area contributed by atoms with Crippen LogP contribution in [0.15, 0.2) is 42.7 Å². The van der Waals surface area contributed by atoms with E-state index in [1.54, 1.807) is 17.1 Å². The molecule has 2 aromatic rings. The van der Waals surface area contributed by atoms with Crippen LogP contribution in [0.1, 0.15) is 11.7 Å². The predicted molar refractivity (Wildman–Crippen MR) is 60.1 cm³/mol. The molecule has 0 radical (unpaired) electrons. The Morgan fingerprint density at radius 2 is 2.12 bits per heavy atom. The number of hydrogen-bond donors (Lipinski definition) is 1. The van der Waals surface area contributed by atoms with Crippen LogP contribution in [0.5, 0.6) is 5.75 Å². The molecule has 0 bridgehead atoms. The monoisotopic (exact) mass is 218 g/mol. The largest absolute Gasteiger partial charge is 0.487 e. The van der Waals surface area contributed by atoms with E-state index in [2.05, 4.69) is 5.10 Å². The number of aromatic nitrogens is 2. The van der Waals surface area contributed by atoms with Gasteiger partial charge >= 0.3 is 0 Å². The van der Waals surface area contributed by atoms with Crippen molar-refractivity contribution in [3.05, 3.63) is 48.3 Å². The normalized spacial score (nSPS) is 12.4. The summed E-state index contributed by atoms with van der Waals surface area (Å²) in [4.78, 5) is 0. The molecule has 0 aliphatic heterocycles. The summed E-state index contributed by atoms with van der Waals surface area (Å²) in [5.74, 6) is 0.664. The van der Waals surface area contributed by atoms with Gasteiger partial charge in [-0.15, -0.1) is 0 Å². The first-order valence-corrected chi connectivity index (χ1v) is 5.10. The second-order valence-corrected chi connectivity index (χ2v) is 3.59. The molecular formula is C12H14N2O2. The second-order valence-electron chi connectivity index (χ2n) is 3.59. The Labute approximate surface area is 94.1 Å². The minimum atomic E-state index is -0.610. The zero-order valence-corrected chi connectivity index (χ0v) is 9.08. The highest BCUT2D eigenvalue weighted by molar-refractivity contribution is 5.18. The standard InChI is InChI=1S/C12H14N2O2/c1-14-8-11(7-13-14)16-9-12(15)10-5-3-2-4-6-10/h2-8,12,15H,9H2,1H3. The average molecular weight is 218 g/mol. The van der Waals surface area contributed by atoms with E-state index >= 15 is 0 Å². The lowest BCUT2D eigenvalue weighted by Gasteiger charge is -2.10. The molecule has 1 N–H and O–H groups in total. The van der Waals surface area contributed by atoms with Gasteiger partial charge in [0.1, 0.15) is 12.7 Å². The third-order valence-electron chi connectivity index (χ3n) is 2.27. The van der Waals surface area contributed by atoms with Crippen LogP contribution in [0.4, 0.5) is 0 Å². The molecular weight excluding hydrogens is 204 g/mol. The highest BCUT2D eigenvalue weighted by atomic mass is 16.5. The molecule has 0 aliphatic rings. The SMILES string of the molecule is Cn1cc(OCC(O)c2ccccc2)cn1. The molecule has 1 aromatic heterocycles. The molecule has 1 heterocycles. The summed E-state index contributed by atoms with van der Waals surface area (Å²) in [5.41, 5.74) is 0.853. The molecule has 1 unspecified atom stereocenters. The van der Waals surface area contributed by atoms with Crippen molar-refractivity contribution in [2.75, 3.05) is 6.61 Å². The van der Waals surface area contributed by atoms with Gasteiger partial charge in [-0.1, -0.05) is 30.3 Å². The van der Waals surface area contributed by atoms with E-state index in [4.69, 9.17) is 4.74 Å². The van der Waals surface area contributed by atoms with E-state index in [0.717, 1.165) is 5.56 Å². The first-order chi connectivity index (χ1) is 7.75. The van der Waals surface area contributed by atoms with Crippen molar-refractivity contribution in [2.24, 2.45) is 7.05 Å². The van der Waals surface area contributed by atoms with E-state index in [1.165, 1.54) is 0 Å². The number of hydrogen-bond acceptors (Lipinski definition) is 3. The molecule has 0 saturated carbocycles. The number of benzene rings is 1. The van der Waals surface area contributed by atoms with Crippen molar-refractivity contribution >= 4 is 0 Å². The van der Waals surface area contributed by atoms with Crippen LogP contribution in [0.25, 0.3) is 0 Å². The van der Waals surface area contributed by atoms with Gasteiger partial charge < -0.3 is 9.84 Å². The van der Waals surface area contributed by atoms with Gasteiger partial charge in [-0.05, 0) is 5.56 Å². The van der Waals surface area contributed by atoms with E-state index in [1.807, 2.05) is 37.4 Å². The Hall–Kier alpha value is -1.81. The molecule has 16 heavy (non-hydrogen) atoms. The average Bonchev–Trinajstić information content (AvgIpc) is 2.73. The number of aryl methyl sites for hydroxylation is 1. The van der Waals surface area contributed by atoms with Crippen LogP contribution in [0.3, 0.4) is 0 Å². The van der Waals surface area contributed by atoms with E-state index in [-0.39, 0.29) is 6.61 Å². The van der Waals surface area contributed by atoms with Crippen molar-refractivity contribution in [2.45, 2.75) is 6.10 Å². The fourth-order valence-corrected chi connectivity index (χ4v) is 1.42.